The average molecular weight is 644 g/mol. The fourth-order valence-corrected chi connectivity index (χ4v) is 7.34. The maximum absolute atomic E-state index is 14.5. The lowest BCUT2D eigenvalue weighted by molar-refractivity contribution is -0.140. The summed E-state index contributed by atoms with van der Waals surface area (Å²) in [5.41, 5.74) is 2.89. The summed E-state index contributed by atoms with van der Waals surface area (Å²) in [5.74, 6) is -0.759. The molecule has 1 fully saturated rings. The molecule has 234 valence electrons. The van der Waals surface area contributed by atoms with Crippen molar-refractivity contribution in [3.05, 3.63) is 131 Å². The van der Waals surface area contributed by atoms with Gasteiger partial charge in [0, 0.05) is 24.0 Å². The van der Waals surface area contributed by atoms with E-state index in [2.05, 4.69) is 5.32 Å². The van der Waals surface area contributed by atoms with Gasteiger partial charge in [-0.3, -0.25) is 13.9 Å². The van der Waals surface area contributed by atoms with Crippen LogP contribution in [-0.2, 0) is 32.6 Å². The number of aryl methyl sites for hydroxylation is 1. The average Bonchev–Trinajstić information content (AvgIpc) is 3.55. The van der Waals surface area contributed by atoms with Gasteiger partial charge in [-0.15, -0.1) is 0 Å². The smallest absolute Gasteiger partial charge is 0.264 e. The number of halogens is 1. The molecule has 4 aromatic rings. The Morgan fingerprint density at radius 2 is 1.47 bits per heavy atom. The monoisotopic (exact) mass is 643 g/mol. The summed E-state index contributed by atoms with van der Waals surface area (Å²) in [7, 11) is -4.14. The van der Waals surface area contributed by atoms with Gasteiger partial charge in [0.2, 0.25) is 11.8 Å². The molecule has 0 aliphatic heterocycles. The predicted octanol–water partition coefficient (Wildman–Crippen LogP) is 6.54. The predicted molar refractivity (Wildman–Crippen MR) is 178 cm³/mol. The molecular formula is C36H38ClN3O4S. The maximum Gasteiger partial charge on any atom is 0.264 e. The summed E-state index contributed by atoms with van der Waals surface area (Å²) in [5, 5.41) is 3.69. The van der Waals surface area contributed by atoms with E-state index in [9.17, 15) is 18.0 Å². The Kier molecular flexibility index (Phi) is 10.6. The fraction of sp³-hybridized carbons (Fsp3) is 0.278. The molecule has 1 atom stereocenters. The molecule has 4 aromatic carbocycles. The molecule has 7 nitrogen and oxygen atoms in total. The Balaban J connectivity index is 1.55. The molecule has 0 bridgehead atoms. The number of hydrogen-bond acceptors (Lipinski definition) is 4. The van der Waals surface area contributed by atoms with E-state index in [1.54, 1.807) is 72.8 Å². The zero-order valence-corrected chi connectivity index (χ0v) is 26.9. The van der Waals surface area contributed by atoms with Gasteiger partial charge in [-0.05, 0) is 67.3 Å². The van der Waals surface area contributed by atoms with Crippen molar-refractivity contribution >= 4 is 39.1 Å². The number of anilines is 1. The molecule has 0 spiro atoms. The van der Waals surface area contributed by atoms with Crippen LogP contribution in [-0.4, -0.2) is 43.8 Å². The standard InChI is InChI=1S/C36H38ClN3O4S/c1-27-19-21-33(22-20-27)45(43,44)40(32-17-6-3-7-18-32)26-35(41)39(25-29-13-10-14-30(37)23-29)34(24-28-11-4-2-5-12-28)36(42)38-31-15-8-9-16-31/h2-7,10-14,17-23,31,34H,8-9,15-16,24-26H2,1H3,(H,38,42). The third-order valence-electron chi connectivity index (χ3n) is 8.15. The molecule has 1 saturated carbocycles. The van der Waals surface area contributed by atoms with Crippen molar-refractivity contribution in [3.8, 4) is 0 Å². The molecule has 2 amide bonds. The Labute approximate surface area is 270 Å². The zero-order valence-electron chi connectivity index (χ0n) is 25.3. The SMILES string of the molecule is Cc1ccc(S(=O)(=O)N(CC(=O)N(Cc2cccc(Cl)c2)C(Cc2ccccc2)C(=O)NC2CCCC2)c2ccccc2)cc1. The lowest BCUT2D eigenvalue weighted by Gasteiger charge is -2.34. The number of benzene rings is 4. The number of hydrogen-bond donors (Lipinski definition) is 1. The van der Waals surface area contributed by atoms with E-state index in [1.165, 1.54) is 4.90 Å². The lowest BCUT2D eigenvalue weighted by Crippen LogP contribution is -2.54. The van der Waals surface area contributed by atoms with E-state index in [-0.39, 0.29) is 29.8 Å². The molecule has 0 aromatic heterocycles. The Morgan fingerprint density at radius 1 is 0.844 bits per heavy atom. The number of nitrogens with one attached hydrogen (secondary N) is 1. The minimum Gasteiger partial charge on any atom is -0.352 e. The highest BCUT2D eigenvalue weighted by Crippen LogP contribution is 2.26. The Bertz CT molecular complexity index is 1690. The molecule has 0 saturated heterocycles. The molecule has 1 unspecified atom stereocenters. The highest BCUT2D eigenvalue weighted by molar-refractivity contribution is 7.92. The summed E-state index contributed by atoms with van der Waals surface area (Å²) in [4.78, 5) is 30.2. The second-order valence-corrected chi connectivity index (χ2v) is 13.8. The van der Waals surface area contributed by atoms with E-state index in [0.717, 1.165) is 46.7 Å². The summed E-state index contributed by atoms with van der Waals surface area (Å²) in [6.07, 6.45) is 4.14. The van der Waals surface area contributed by atoms with Gasteiger partial charge in [0.15, 0.2) is 0 Å². The largest absolute Gasteiger partial charge is 0.352 e. The number of amides is 2. The number of rotatable bonds is 12. The Morgan fingerprint density at radius 3 is 2.11 bits per heavy atom. The van der Waals surface area contributed by atoms with Crippen molar-refractivity contribution in [1.29, 1.82) is 0 Å². The van der Waals surface area contributed by atoms with Crippen molar-refractivity contribution in [2.24, 2.45) is 0 Å². The number of nitrogens with zero attached hydrogens (tertiary/aromatic N) is 2. The van der Waals surface area contributed by atoms with Crippen LogP contribution in [0, 0.1) is 6.92 Å². The van der Waals surface area contributed by atoms with Gasteiger partial charge in [-0.1, -0.05) is 103 Å². The lowest BCUT2D eigenvalue weighted by atomic mass is 10.0. The third kappa shape index (κ3) is 8.32. The van der Waals surface area contributed by atoms with Crippen LogP contribution < -0.4 is 9.62 Å². The van der Waals surface area contributed by atoms with Crippen LogP contribution in [0.2, 0.25) is 5.02 Å². The highest BCUT2D eigenvalue weighted by atomic mass is 35.5. The van der Waals surface area contributed by atoms with Crippen molar-refractivity contribution in [2.45, 2.75) is 62.6 Å². The van der Waals surface area contributed by atoms with Crippen LogP contribution in [0.1, 0.15) is 42.4 Å². The van der Waals surface area contributed by atoms with Gasteiger partial charge in [-0.2, -0.15) is 0 Å². The molecule has 5 rings (SSSR count). The maximum atomic E-state index is 14.5. The van der Waals surface area contributed by atoms with E-state index >= 15 is 0 Å². The van der Waals surface area contributed by atoms with Gasteiger partial charge in [-0.25, -0.2) is 8.42 Å². The van der Waals surface area contributed by atoms with E-state index in [4.69, 9.17) is 11.6 Å². The summed E-state index contributed by atoms with van der Waals surface area (Å²) < 4.78 is 29.3. The second kappa shape index (κ2) is 14.8. The minimum absolute atomic E-state index is 0.0432. The van der Waals surface area contributed by atoms with E-state index in [1.807, 2.05) is 43.3 Å². The highest BCUT2D eigenvalue weighted by Gasteiger charge is 2.35. The summed E-state index contributed by atoms with van der Waals surface area (Å²) >= 11 is 6.33. The number of sulfonamides is 1. The van der Waals surface area contributed by atoms with Crippen molar-refractivity contribution in [2.75, 3.05) is 10.8 Å². The molecule has 1 N–H and O–H groups in total. The topological polar surface area (TPSA) is 86.8 Å². The number of carbonyl (C=O) groups is 2. The molecule has 1 aliphatic rings. The molecule has 0 radical (unpaired) electrons. The van der Waals surface area contributed by atoms with Gasteiger partial charge < -0.3 is 10.2 Å². The van der Waals surface area contributed by atoms with E-state index < -0.39 is 28.5 Å². The normalized spacial score (nSPS) is 14.1. The molecule has 9 heteroatoms. The summed E-state index contributed by atoms with van der Waals surface area (Å²) in [6, 6.07) is 31.0. The first-order valence-corrected chi connectivity index (χ1v) is 17.1. The van der Waals surface area contributed by atoms with Crippen LogP contribution in [0.5, 0.6) is 0 Å². The van der Waals surface area contributed by atoms with E-state index in [0.29, 0.717) is 10.7 Å². The zero-order chi connectivity index (χ0) is 31.8. The van der Waals surface area contributed by atoms with Gasteiger partial charge >= 0.3 is 0 Å². The first-order chi connectivity index (χ1) is 21.7. The van der Waals surface area contributed by atoms with Crippen LogP contribution >= 0.6 is 11.6 Å². The minimum atomic E-state index is -4.14. The molecule has 1 aliphatic carbocycles. The Hall–Kier alpha value is -4.14. The van der Waals surface area contributed by atoms with Crippen molar-refractivity contribution in [3.63, 3.8) is 0 Å². The number of carbonyl (C=O) groups excluding carboxylic acids is 2. The van der Waals surface area contributed by atoms with Gasteiger partial charge in [0.1, 0.15) is 12.6 Å². The van der Waals surface area contributed by atoms with Crippen molar-refractivity contribution in [1.82, 2.24) is 10.2 Å². The van der Waals surface area contributed by atoms with Crippen LogP contribution in [0.3, 0.4) is 0 Å². The molecular weight excluding hydrogens is 606 g/mol. The second-order valence-electron chi connectivity index (χ2n) is 11.5. The summed E-state index contributed by atoms with van der Waals surface area (Å²) in [6.45, 7) is 1.46. The third-order valence-corrected chi connectivity index (χ3v) is 10.2. The molecule has 0 heterocycles. The first-order valence-electron chi connectivity index (χ1n) is 15.2. The van der Waals surface area contributed by atoms with Gasteiger partial charge in [0.25, 0.3) is 10.0 Å². The van der Waals surface area contributed by atoms with Crippen molar-refractivity contribution < 1.29 is 18.0 Å². The van der Waals surface area contributed by atoms with Crippen LogP contribution in [0.25, 0.3) is 0 Å². The van der Waals surface area contributed by atoms with Crippen LogP contribution in [0.4, 0.5) is 5.69 Å². The quantitative estimate of drug-likeness (QED) is 0.190. The number of para-hydroxylation sites is 1. The van der Waals surface area contributed by atoms with Gasteiger partial charge in [0.05, 0.1) is 10.6 Å². The molecule has 45 heavy (non-hydrogen) atoms. The fourth-order valence-electron chi connectivity index (χ4n) is 5.71. The van der Waals surface area contributed by atoms with Crippen LogP contribution in [0.15, 0.2) is 114 Å². The first kappa shape index (κ1) is 32.3.